The molecule has 5 rings (SSSR count). The number of aromatic amines is 1. The quantitative estimate of drug-likeness (QED) is 0.924. The minimum absolute atomic E-state index is 0.297. The van der Waals surface area contributed by atoms with E-state index in [4.69, 9.17) is 0 Å². The summed E-state index contributed by atoms with van der Waals surface area (Å²) in [6.45, 7) is 3.91. The lowest BCUT2D eigenvalue weighted by Crippen LogP contribution is -2.38. The zero-order valence-electron chi connectivity index (χ0n) is 12.7. The molecular weight excluding hydrogens is 264 g/mol. The second kappa shape index (κ2) is 5.11. The highest BCUT2D eigenvalue weighted by Gasteiger charge is 2.48. The largest absolute Gasteiger partial charge is 0.342 e. The van der Waals surface area contributed by atoms with E-state index in [0.29, 0.717) is 18.7 Å². The van der Waals surface area contributed by atoms with Gasteiger partial charge in [-0.25, -0.2) is 4.98 Å². The van der Waals surface area contributed by atoms with Crippen LogP contribution >= 0.6 is 0 Å². The molecule has 0 unspecified atom stereocenters. The molecule has 5 nitrogen and oxygen atoms in total. The van der Waals surface area contributed by atoms with Gasteiger partial charge >= 0.3 is 0 Å². The van der Waals surface area contributed by atoms with Gasteiger partial charge in [0.1, 0.15) is 5.82 Å². The Bertz CT molecular complexity index is 512. The molecule has 2 heterocycles. The van der Waals surface area contributed by atoms with E-state index in [2.05, 4.69) is 20.1 Å². The van der Waals surface area contributed by atoms with Crippen molar-refractivity contribution in [3.63, 3.8) is 0 Å². The lowest BCUT2D eigenvalue weighted by atomic mass is 9.60. The van der Waals surface area contributed by atoms with Crippen LogP contribution in [0.3, 0.4) is 0 Å². The van der Waals surface area contributed by atoms with Crippen molar-refractivity contribution in [3.05, 3.63) is 11.6 Å². The minimum atomic E-state index is 0.297. The van der Waals surface area contributed by atoms with Crippen molar-refractivity contribution in [2.45, 2.75) is 45.4 Å². The molecule has 3 saturated carbocycles. The van der Waals surface area contributed by atoms with E-state index in [0.717, 1.165) is 48.4 Å². The standard InChI is InChI=1S/C16H24N4O/c1-10-17-15(19-18-10)6-7-16(21)20-8-13-11-2-3-12(5-4-11)14(13)9-20/h11-14H,2-9H2,1H3,(H,17,18,19)/t11?,12?,13-,14+. The van der Waals surface area contributed by atoms with E-state index < -0.39 is 0 Å². The molecule has 0 spiro atoms. The number of aryl methyl sites for hydroxylation is 2. The zero-order valence-corrected chi connectivity index (χ0v) is 12.7. The van der Waals surface area contributed by atoms with E-state index in [-0.39, 0.29) is 0 Å². The van der Waals surface area contributed by atoms with Gasteiger partial charge < -0.3 is 4.90 Å². The lowest BCUT2D eigenvalue weighted by Gasteiger charge is -2.44. The Morgan fingerprint density at radius 2 is 1.81 bits per heavy atom. The molecule has 0 radical (unpaired) electrons. The summed E-state index contributed by atoms with van der Waals surface area (Å²) in [7, 11) is 0. The maximum absolute atomic E-state index is 12.5. The summed E-state index contributed by atoms with van der Waals surface area (Å²) in [5, 5.41) is 6.95. The topological polar surface area (TPSA) is 61.9 Å². The fourth-order valence-corrected chi connectivity index (χ4v) is 4.93. The van der Waals surface area contributed by atoms with E-state index in [9.17, 15) is 4.79 Å². The van der Waals surface area contributed by atoms with Crippen LogP contribution in [0.5, 0.6) is 0 Å². The first-order valence-electron chi connectivity index (χ1n) is 8.36. The number of nitrogens with one attached hydrogen (secondary N) is 1. The number of fused-ring (bicyclic) bond motifs is 2. The first-order valence-corrected chi connectivity index (χ1v) is 8.36. The highest BCUT2D eigenvalue weighted by molar-refractivity contribution is 5.76. The maximum atomic E-state index is 12.5. The molecule has 4 aliphatic rings. The van der Waals surface area contributed by atoms with Crippen molar-refractivity contribution in [2.24, 2.45) is 23.7 Å². The van der Waals surface area contributed by atoms with Gasteiger partial charge in [-0.1, -0.05) is 0 Å². The van der Waals surface area contributed by atoms with Gasteiger partial charge in [-0.3, -0.25) is 9.89 Å². The van der Waals surface area contributed by atoms with Crippen LogP contribution in [-0.2, 0) is 11.2 Å². The number of aromatic nitrogens is 3. The van der Waals surface area contributed by atoms with Crippen LogP contribution in [0.15, 0.2) is 0 Å². The van der Waals surface area contributed by atoms with Crippen LogP contribution in [-0.4, -0.2) is 39.1 Å². The van der Waals surface area contributed by atoms with E-state index in [1.807, 2.05) is 6.92 Å². The summed E-state index contributed by atoms with van der Waals surface area (Å²) in [6.07, 6.45) is 6.83. The summed E-state index contributed by atoms with van der Waals surface area (Å²) in [4.78, 5) is 18.9. The van der Waals surface area contributed by atoms with Crippen LogP contribution in [0.4, 0.5) is 0 Å². The Morgan fingerprint density at radius 1 is 1.19 bits per heavy atom. The molecule has 2 atom stereocenters. The van der Waals surface area contributed by atoms with Crippen molar-refractivity contribution >= 4 is 5.91 Å². The smallest absolute Gasteiger partial charge is 0.223 e. The molecule has 3 aliphatic carbocycles. The third-order valence-electron chi connectivity index (χ3n) is 6.00. The van der Waals surface area contributed by atoms with Crippen molar-refractivity contribution < 1.29 is 4.79 Å². The van der Waals surface area contributed by atoms with Crippen molar-refractivity contribution in [1.82, 2.24) is 20.1 Å². The number of nitrogens with zero attached hydrogens (tertiary/aromatic N) is 3. The highest BCUT2D eigenvalue weighted by atomic mass is 16.2. The number of carbonyl (C=O) groups is 1. The van der Waals surface area contributed by atoms with E-state index in [1.165, 1.54) is 25.7 Å². The number of likely N-dealkylation sites (tertiary alicyclic amines) is 1. The van der Waals surface area contributed by atoms with Crippen molar-refractivity contribution in [1.29, 1.82) is 0 Å². The molecule has 0 aromatic carbocycles. The lowest BCUT2D eigenvalue weighted by molar-refractivity contribution is -0.130. The molecular formula is C16H24N4O. The fraction of sp³-hybridized carbons (Fsp3) is 0.812. The zero-order chi connectivity index (χ0) is 14.4. The van der Waals surface area contributed by atoms with E-state index >= 15 is 0 Å². The second-order valence-electron chi connectivity index (χ2n) is 7.14. The number of hydrogen-bond donors (Lipinski definition) is 1. The maximum Gasteiger partial charge on any atom is 0.223 e. The first-order chi connectivity index (χ1) is 10.2. The van der Waals surface area contributed by atoms with Crippen LogP contribution in [0, 0.1) is 30.6 Å². The Morgan fingerprint density at radius 3 is 2.33 bits per heavy atom. The summed E-state index contributed by atoms with van der Waals surface area (Å²) >= 11 is 0. The predicted molar refractivity (Wildman–Crippen MR) is 78.4 cm³/mol. The monoisotopic (exact) mass is 288 g/mol. The van der Waals surface area contributed by atoms with Gasteiger partial charge in [0.2, 0.25) is 5.91 Å². The molecule has 1 N–H and O–H groups in total. The van der Waals surface area contributed by atoms with Gasteiger partial charge in [0, 0.05) is 25.9 Å². The van der Waals surface area contributed by atoms with Crippen molar-refractivity contribution in [2.75, 3.05) is 13.1 Å². The van der Waals surface area contributed by atoms with Gasteiger partial charge in [0.05, 0.1) is 0 Å². The van der Waals surface area contributed by atoms with Gasteiger partial charge in [-0.05, 0) is 56.3 Å². The second-order valence-corrected chi connectivity index (χ2v) is 7.14. The molecule has 4 fully saturated rings. The number of carbonyl (C=O) groups excluding carboxylic acids is 1. The number of hydrogen-bond acceptors (Lipinski definition) is 3. The highest BCUT2D eigenvalue weighted by Crippen LogP contribution is 2.51. The van der Waals surface area contributed by atoms with Crippen LogP contribution in [0.25, 0.3) is 0 Å². The SMILES string of the molecule is Cc1nc(CCC(=O)N2C[C@@H]3C4CCC(CC4)[C@@H]3C2)n[nH]1. The Balaban J connectivity index is 1.36. The average Bonchev–Trinajstić information content (AvgIpc) is 3.13. The number of H-pyrrole nitrogens is 1. The number of amides is 1. The summed E-state index contributed by atoms with van der Waals surface area (Å²) in [5.74, 6) is 5.27. The Labute approximate surface area is 125 Å². The molecule has 1 aromatic rings. The van der Waals surface area contributed by atoms with Crippen LogP contribution in [0.1, 0.15) is 43.8 Å². The fourth-order valence-electron chi connectivity index (χ4n) is 4.93. The summed E-state index contributed by atoms with van der Waals surface area (Å²) in [6, 6.07) is 0. The average molecular weight is 288 g/mol. The minimum Gasteiger partial charge on any atom is -0.342 e. The van der Waals surface area contributed by atoms with Gasteiger partial charge in [0.25, 0.3) is 0 Å². The molecule has 2 bridgehead atoms. The summed E-state index contributed by atoms with van der Waals surface area (Å²) in [5.41, 5.74) is 0. The van der Waals surface area contributed by atoms with Crippen molar-refractivity contribution in [3.8, 4) is 0 Å². The Kier molecular flexibility index (Phi) is 3.23. The van der Waals surface area contributed by atoms with Gasteiger partial charge in [0.15, 0.2) is 5.82 Å². The van der Waals surface area contributed by atoms with Crippen LogP contribution < -0.4 is 0 Å². The molecule has 114 valence electrons. The third-order valence-corrected chi connectivity index (χ3v) is 6.00. The third kappa shape index (κ3) is 2.36. The summed E-state index contributed by atoms with van der Waals surface area (Å²) < 4.78 is 0. The first kappa shape index (κ1) is 13.3. The normalized spacial score (nSPS) is 34.2. The number of rotatable bonds is 3. The van der Waals surface area contributed by atoms with E-state index in [1.54, 1.807) is 0 Å². The van der Waals surface area contributed by atoms with Crippen LogP contribution in [0.2, 0.25) is 0 Å². The molecule has 21 heavy (non-hydrogen) atoms. The molecule has 5 heteroatoms. The Hall–Kier alpha value is -1.39. The molecule has 1 aliphatic heterocycles. The predicted octanol–water partition coefficient (Wildman–Crippen LogP) is 1.94. The molecule has 1 aromatic heterocycles. The van der Waals surface area contributed by atoms with Gasteiger partial charge in [-0.2, -0.15) is 5.10 Å². The molecule has 1 saturated heterocycles. The molecule has 1 amide bonds. The van der Waals surface area contributed by atoms with Gasteiger partial charge in [-0.15, -0.1) is 0 Å².